The molecule has 0 spiro atoms. The van der Waals surface area contributed by atoms with Crippen LogP contribution < -0.4 is 4.90 Å². The zero-order valence-electron chi connectivity index (χ0n) is 9.00. The first kappa shape index (κ1) is 11.0. The highest BCUT2D eigenvalue weighted by Crippen LogP contribution is 2.18. The van der Waals surface area contributed by atoms with E-state index in [1.165, 1.54) is 12.3 Å². The minimum Gasteiger partial charge on any atom is -0.371 e. The molecule has 0 saturated heterocycles. The van der Waals surface area contributed by atoms with Crippen molar-refractivity contribution in [1.82, 2.24) is 4.98 Å². The van der Waals surface area contributed by atoms with Gasteiger partial charge in [0.25, 0.3) is 0 Å². The summed E-state index contributed by atoms with van der Waals surface area (Å²) in [7, 11) is 1.99. The average Bonchev–Trinajstić information content (AvgIpc) is 2.19. The van der Waals surface area contributed by atoms with Crippen LogP contribution >= 0.6 is 0 Å². The molecule has 1 rings (SSSR count). The quantitative estimate of drug-likeness (QED) is 0.688. The summed E-state index contributed by atoms with van der Waals surface area (Å²) in [6.45, 7) is 4.28. The van der Waals surface area contributed by atoms with Crippen LogP contribution in [-0.4, -0.2) is 18.1 Å². The Morgan fingerprint density at radius 1 is 1.43 bits per heavy atom. The van der Waals surface area contributed by atoms with Crippen LogP contribution in [0.4, 0.5) is 10.1 Å². The third-order valence-corrected chi connectivity index (χ3v) is 2.61. The smallest absolute Gasteiger partial charge is 0.214 e. The number of rotatable bonds is 4. The Morgan fingerprint density at radius 2 is 2.07 bits per heavy atom. The highest BCUT2D eigenvalue weighted by molar-refractivity contribution is 5.44. The maximum Gasteiger partial charge on any atom is 0.214 e. The van der Waals surface area contributed by atoms with Gasteiger partial charge in [0.15, 0.2) is 0 Å². The first-order valence-corrected chi connectivity index (χ1v) is 5.03. The molecule has 0 radical (unpaired) electrons. The van der Waals surface area contributed by atoms with Crippen LogP contribution in [0.5, 0.6) is 0 Å². The maximum absolute atomic E-state index is 12.9. The SMILES string of the molecule is CCC(CC)N(C)c1ccnc(F)c1. The predicted molar refractivity (Wildman–Crippen MR) is 57.0 cm³/mol. The fraction of sp³-hybridized carbons (Fsp3) is 0.545. The van der Waals surface area contributed by atoms with Gasteiger partial charge in [0.05, 0.1) is 0 Å². The minimum absolute atomic E-state index is 0.416. The molecule has 78 valence electrons. The summed E-state index contributed by atoms with van der Waals surface area (Å²) >= 11 is 0. The van der Waals surface area contributed by atoms with Crippen molar-refractivity contribution in [3.63, 3.8) is 0 Å². The van der Waals surface area contributed by atoms with Crippen LogP contribution in [0.25, 0.3) is 0 Å². The Kier molecular flexibility index (Phi) is 3.86. The van der Waals surface area contributed by atoms with Gasteiger partial charge in [-0.2, -0.15) is 4.39 Å². The van der Waals surface area contributed by atoms with Gasteiger partial charge < -0.3 is 4.90 Å². The van der Waals surface area contributed by atoms with Gasteiger partial charge in [-0.15, -0.1) is 0 Å². The molecular weight excluding hydrogens is 179 g/mol. The Bertz CT molecular complexity index is 284. The molecule has 1 aromatic rings. The van der Waals surface area contributed by atoms with Crippen molar-refractivity contribution in [3.05, 3.63) is 24.3 Å². The fourth-order valence-electron chi connectivity index (χ4n) is 1.66. The fourth-order valence-corrected chi connectivity index (χ4v) is 1.66. The lowest BCUT2D eigenvalue weighted by Crippen LogP contribution is -2.30. The van der Waals surface area contributed by atoms with Crippen molar-refractivity contribution in [2.75, 3.05) is 11.9 Å². The molecule has 0 saturated carbocycles. The highest BCUT2D eigenvalue weighted by atomic mass is 19.1. The molecule has 0 atom stereocenters. The molecular formula is C11H17FN2. The standard InChI is InChI=1S/C11H17FN2/c1-4-9(5-2)14(3)10-6-7-13-11(12)8-10/h6-9H,4-5H2,1-3H3. The lowest BCUT2D eigenvalue weighted by Gasteiger charge is -2.28. The van der Waals surface area contributed by atoms with E-state index in [1.54, 1.807) is 0 Å². The zero-order chi connectivity index (χ0) is 10.6. The van der Waals surface area contributed by atoms with Crippen molar-refractivity contribution in [2.45, 2.75) is 32.7 Å². The predicted octanol–water partition coefficient (Wildman–Crippen LogP) is 2.85. The van der Waals surface area contributed by atoms with Crippen molar-refractivity contribution < 1.29 is 4.39 Å². The Labute approximate surface area is 84.8 Å². The van der Waals surface area contributed by atoms with Crippen molar-refractivity contribution in [1.29, 1.82) is 0 Å². The van der Waals surface area contributed by atoms with Crippen molar-refractivity contribution >= 4 is 5.69 Å². The largest absolute Gasteiger partial charge is 0.371 e. The molecule has 14 heavy (non-hydrogen) atoms. The first-order valence-electron chi connectivity index (χ1n) is 5.03. The van der Waals surface area contributed by atoms with Crippen LogP contribution in [0.15, 0.2) is 18.3 Å². The van der Waals surface area contributed by atoms with E-state index in [2.05, 4.69) is 23.7 Å². The second kappa shape index (κ2) is 4.94. The second-order valence-corrected chi connectivity index (χ2v) is 3.42. The Morgan fingerprint density at radius 3 is 2.57 bits per heavy atom. The third-order valence-electron chi connectivity index (χ3n) is 2.61. The van der Waals surface area contributed by atoms with E-state index < -0.39 is 5.95 Å². The number of nitrogens with zero attached hydrogens (tertiary/aromatic N) is 2. The maximum atomic E-state index is 12.9. The molecule has 0 aliphatic heterocycles. The number of halogens is 1. The van der Waals surface area contributed by atoms with Crippen LogP contribution in [0.1, 0.15) is 26.7 Å². The highest BCUT2D eigenvalue weighted by Gasteiger charge is 2.11. The van der Waals surface area contributed by atoms with E-state index in [4.69, 9.17) is 0 Å². The number of aromatic nitrogens is 1. The van der Waals surface area contributed by atoms with Gasteiger partial charge in [-0.25, -0.2) is 4.98 Å². The van der Waals surface area contributed by atoms with Gasteiger partial charge in [0.2, 0.25) is 5.95 Å². The molecule has 0 bridgehead atoms. The summed E-state index contributed by atoms with van der Waals surface area (Å²) < 4.78 is 12.9. The van der Waals surface area contributed by atoms with E-state index in [0.717, 1.165) is 18.5 Å². The molecule has 2 nitrogen and oxygen atoms in total. The third kappa shape index (κ3) is 2.44. The van der Waals surface area contributed by atoms with Crippen LogP contribution in [0, 0.1) is 5.95 Å². The zero-order valence-corrected chi connectivity index (χ0v) is 9.00. The molecule has 0 amide bonds. The van der Waals surface area contributed by atoms with Gasteiger partial charge in [-0.05, 0) is 18.9 Å². The van der Waals surface area contributed by atoms with Gasteiger partial charge in [-0.3, -0.25) is 0 Å². The summed E-state index contributed by atoms with van der Waals surface area (Å²) in [4.78, 5) is 5.64. The van der Waals surface area contributed by atoms with Gasteiger partial charge in [0, 0.05) is 31.0 Å². The molecule has 0 aliphatic carbocycles. The van der Waals surface area contributed by atoms with E-state index >= 15 is 0 Å². The van der Waals surface area contributed by atoms with E-state index in [0.29, 0.717) is 6.04 Å². The molecule has 0 N–H and O–H groups in total. The van der Waals surface area contributed by atoms with Gasteiger partial charge >= 0.3 is 0 Å². The monoisotopic (exact) mass is 196 g/mol. The van der Waals surface area contributed by atoms with Crippen LogP contribution in [0.2, 0.25) is 0 Å². The van der Waals surface area contributed by atoms with Crippen LogP contribution in [-0.2, 0) is 0 Å². The summed E-state index contributed by atoms with van der Waals surface area (Å²) in [6.07, 6.45) is 3.64. The van der Waals surface area contributed by atoms with E-state index in [-0.39, 0.29) is 0 Å². The van der Waals surface area contributed by atoms with Gasteiger partial charge in [0.1, 0.15) is 0 Å². The summed E-state index contributed by atoms with van der Waals surface area (Å²) in [5, 5.41) is 0. The minimum atomic E-state index is -0.416. The Balaban J connectivity index is 2.82. The molecule has 0 aliphatic rings. The van der Waals surface area contributed by atoms with E-state index in [9.17, 15) is 4.39 Å². The topological polar surface area (TPSA) is 16.1 Å². The number of anilines is 1. The van der Waals surface area contributed by atoms with Crippen molar-refractivity contribution in [2.24, 2.45) is 0 Å². The van der Waals surface area contributed by atoms with Crippen LogP contribution in [0.3, 0.4) is 0 Å². The number of hydrogen-bond donors (Lipinski definition) is 0. The number of hydrogen-bond acceptors (Lipinski definition) is 2. The summed E-state index contributed by atoms with van der Waals surface area (Å²) in [5.74, 6) is -0.416. The lowest BCUT2D eigenvalue weighted by atomic mass is 10.1. The second-order valence-electron chi connectivity index (χ2n) is 3.42. The molecule has 0 fully saturated rings. The molecule has 1 heterocycles. The molecule has 1 aromatic heterocycles. The van der Waals surface area contributed by atoms with Crippen molar-refractivity contribution in [3.8, 4) is 0 Å². The normalized spacial score (nSPS) is 10.6. The Hall–Kier alpha value is -1.12. The molecule has 0 unspecified atom stereocenters. The van der Waals surface area contributed by atoms with E-state index in [1.807, 2.05) is 13.1 Å². The summed E-state index contributed by atoms with van der Waals surface area (Å²) in [5.41, 5.74) is 0.895. The summed E-state index contributed by atoms with van der Waals surface area (Å²) in [6, 6.07) is 3.77. The molecule has 3 heteroatoms. The lowest BCUT2D eigenvalue weighted by molar-refractivity contribution is 0.571. The number of pyridine rings is 1. The average molecular weight is 196 g/mol. The first-order chi connectivity index (χ1) is 6.69. The van der Waals surface area contributed by atoms with Gasteiger partial charge in [-0.1, -0.05) is 13.8 Å². The molecule has 0 aromatic carbocycles.